The third-order valence-corrected chi connectivity index (χ3v) is 1.83. The first kappa shape index (κ1) is 7.62. The average Bonchev–Trinajstić information content (AvgIpc) is 2.46. The Labute approximate surface area is 74.6 Å². The molecule has 13 heavy (non-hydrogen) atoms. The van der Waals surface area contributed by atoms with Crippen LogP contribution < -0.4 is 5.73 Å². The van der Waals surface area contributed by atoms with E-state index in [-0.39, 0.29) is 6.01 Å². The van der Waals surface area contributed by atoms with Crippen molar-refractivity contribution in [2.24, 2.45) is 0 Å². The number of aryl methyl sites for hydroxylation is 1. The minimum Gasteiger partial charge on any atom is -0.424 e. The maximum atomic E-state index is 8.68. The highest BCUT2D eigenvalue weighted by Gasteiger charge is 2.06. The van der Waals surface area contributed by atoms with Crippen molar-refractivity contribution in [1.82, 2.24) is 4.98 Å². The molecule has 0 unspecified atom stereocenters. The van der Waals surface area contributed by atoms with Gasteiger partial charge in [-0.3, -0.25) is 0 Å². The summed E-state index contributed by atoms with van der Waals surface area (Å²) in [5.41, 5.74) is 8.13. The minimum absolute atomic E-state index is 0.133. The summed E-state index contributed by atoms with van der Waals surface area (Å²) >= 11 is 0. The van der Waals surface area contributed by atoms with E-state index in [1.165, 1.54) is 0 Å². The first-order valence-electron chi connectivity index (χ1n) is 3.77. The fourth-order valence-corrected chi connectivity index (χ4v) is 1.28. The monoisotopic (exact) mass is 173 g/mol. The number of nitrogens with zero attached hydrogens (tertiary/aromatic N) is 2. The maximum absolute atomic E-state index is 8.68. The molecule has 0 radical (unpaired) electrons. The van der Waals surface area contributed by atoms with Crippen molar-refractivity contribution >= 4 is 17.1 Å². The average molecular weight is 173 g/mol. The summed E-state index contributed by atoms with van der Waals surface area (Å²) in [6, 6.07) is 5.56. The number of nitriles is 1. The number of benzene rings is 1. The summed E-state index contributed by atoms with van der Waals surface area (Å²) in [5.74, 6) is 0. The molecule has 0 amide bonds. The number of oxazole rings is 1. The van der Waals surface area contributed by atoms with Gasteiger partial charge in [0.05, 0.1) is 11.6 Å². The molecule has 1 heterocycles. The highest BCUT2D eigenvalue weighted by Crippen LogP contribution is 2.21. The molecular formula is C9H7N3O. The van der Waals surface area contributed by atoms with Crippen LogP contribution in [0.25, 0.3) is 11.1 Å². The van der Waals surface area contributed by atoms with Gasteiger partial charge in [0.25, 0.3) is 6.01 Å². The van der Waals surface area contributed by atoms with Gasteiger partial charge < -0.3 is 10.2 Å². The van der Waals surface area contributed by atoms with Crippen molar-refractivity contribution in [2.75, 3.05) is 5.73 Å². The predicted octanol–water partition coefficient (Wildman–Crippen LogP) is 1.59. The number of nitrogens with two attached hydrogens (primary N) is 1. The van der Waals surface area contributed by atoms with Gasteiger partial charge in [0, 0.05) is 6.07 Å². The summed E-state index contributed by atoms with van der Waals surface area (Å²) in [5, 5.41) is 8.68. The summed E-state index contributed by atoms with van der Waals surface area (Å²) in [6.07, 6.45) is 0. The molecule has 0 fully saturated rings. The van der Waals surface area contributed by atoms with E-state index < -0.39 is 0 Å². The first-order valence-corrected chi connectivity index (χ1v) is 3.77. The van der Waals surface area contributed by atoms with Crippen LogP contribution in [0.2, 0.25) is 0 Å². The van der Waals surface area contributed by atoms with Crippen LogP contribution in [0.5, 0.6) is 0 Å². The molecule has 0 saturated carbocycles. The first-order chi connectivity index (χ1) is 6.20. The fourth-order valence-electron chi connectivity index (χ4n) is 1.28. The van der Waals surface area contributed by atoms with Crippen LogP contribution in [0.3, 0.4) is 0 Å². The number of hydrogen-bond acceptors (Lipinski definition) is 4. The second-order valence-electron chi connectivity index (χ2n) is 2.80. The lowest BCUT2D eigenvalue weighted by atomic mass is 10.1. The lowest BCUT2D eigenvalue weighted by molar-refractivity contribution is 0.626. The van der Waals surface area contributed by atoms with E-state index in [0.717, 1.165) is 11.1 Å². The van der Waals surface area contributed by atoms with Gasteiger partial charge in [0.15, 0.2) is 5.58 Å². The van der Waals surface area contributed by atoms with Crippen molar-refractivity contribution in [3.05, 3.63) is 23.3 Å². The van der Waals surface area contributed by atoms with E-state index in [0.29, 0.717) is 11.1 Å². The van der Waals surface area contributed by atoms with E-state index >= 15 is 0 Å². The molecule has 0 spiro atoms. The van der Waals surface area contributed by atoms with Crippen molar-refractivity contribution < 1.29 is 4.42 Å². The Bertz CT molecular complexity index is 507. The van der Waals surface area contributed by atoms with Gasteiger partial charge in [-0.05, 0) is 18.6 Å². The molecule has 0 atom stereocenters. The Hall–Kier alpha value is -2.02. The van der Waals surface area contributed by atoms with Crippen molar-refractivity contribution in [1.29, 1.82) is 5.26 Å². The van der Waals surface area contributed by atoms with Crippen LogP contribution in [0.4, 0.5) is 6.01 Å². The van der Waals surface area contributed by atoms with Gasteiger partial charge in [0.1, 0.15) is 5.52 Å². The van der Waals surface area contributed by atoms with Gasteiger partial charge in [0.2, 0.25) is 0 Å². The van der Waals surface area contributed by atoms with Crippen LogP contribution in [-0.4, -0.2) is 4.98 Å². The quantitative estimate of drug-likeness (QED) is 0.656. The largest absolute Gasteiger partial charge is 0.424 e. The molecule has 64 valence electrons. The number of fused-ring (bicyclic) bond motifs is 1. The third kappa shape index (κ3) is 1.11. The zero-order valence-corrected chi connectivity index (χ0v) is 7.03. The molecule has 4 heteroatoms. The molecule has 0 aliphatic heterocycles. The smallest absolute Gasteiger partial charge is 0.292 e. The van der Waals surface area contributed by atoms with E-state index in [4.69, 9.17) is 15.4 Å². The highest BCUT2D eigenvalue weighted by atomic mass is 16.4. The SMILES string of the molecule is Cc1cc(C#N)cc2oc(N)nc12. The van der Waals surface area contributed by atoms with Gasteiger partial charge in [-0.1, -0.05) is 0 Å². The van der Waals surface area contributed by atoms with Gasteiger partial charge in [-0.2, -0.15) is 10.2 Å². The minimum atomic E-state index is 0.133. The molecule has 4 nitrogen and oxygen atoms in total. The molecule has 0 saturated heterocycles. The predicted molar refractivity (Wildman–Crippen MR) is 47.9 cm³/mol. The third-order valence-electron chi connectivity index (χ3n) is 1.83. The number of nitrogen functional groups attached to an aromatic ring is 1. The number of hydrogen-bond donors (Lipinski definition) is 1. The van der Waals surface area contributed by atoms with E-state index in [9.17, 15) is 0 Å². The topological polar surface area (TPSA) is 75.8 Å². The van der Waals surface area contributed by atoms with Crippen LogP contribution >= 0.6 is 0 Å². The number of anilines is 1. The van der Waals surface area contributed by atoms with E-state index in [1.807, 2.05) is 13.0 Å². The zero-order chi connectivity index (χ0) is 9.42. The number of aromatic nitrogens is 1. The van der Waals surface area contributed by atoms with Crippen LogP contribution in [-0.2, 0) is 0 Å². The van der Waals surface area contributed by atoms with E-state index in [1.54, 1.807) is 12.1 Å². The molecule has 0 bridgehead atoms. The summed E-state index contributed by atoms with van der Waals surface area (Å²) < 4.78 is 5.11. The Kier molecular flexibility index (Phi) is 1.46. The molecule has 0 aliphatic rings. The van der Waals surface area contributed by atoms with E-state index in [2.05, 4.69) is 4.98 Å². The normalized spacial score (nSPS) is 10.2. The molecule has 2 N–H and O–H groups in total. The summed E-state index contributed by atoms with van der Waals surface area (Å²) in [6.45, 7) is 1.87. The van der Waals surface area contributed by atoms with Crippen molar-refractivity contribution in [3.8, 4) is 6.07 Å². The van der Waals surface area contributed by atoms with Gasteiger partial charge in [-0.25, -0.2) is 0 Å². The van der Waals surface area contributed by atoms with Crippen LogP contribution in [0, 0.1) is 18.3 Å². The molecular weight excluding hydrogens is 166 g/mol. The Morgan fingerprint density at radius 2 is 2.31 bits per heavy atom. The number of rotatable bonds is 0. The second-order valence-corrected chi connectivity index (χ2v) is 2.80. The van der Waals surface area contributed by atoms with Crippen LogP contribution in [0.15, 0.2) is 16.5 Å². The zero-order valence-electron chi connectivity index (χ0n) is 7.03. The lowest BCUT2D eigenvalue weighted by Gasteiger charge is -1.92. The molecule has 2 aromatic rings. The Morgan fingerprint density at radius 1 is 1.54 bits per heavy atom. The molecule has 2 rings (SSSR count). The standard InChI is InChI=1S/C9H7N3O/c1-5-2-6(4-10)3-7-8(5)12-9(11)13-7/h2-3H,1H3,(H2,11,12). The fraction of sp³-hybridized carbons (Fsp3) is 0.111. The second kappa shape index (κ2) is 2.49. The van der Waals surface area contributed by atoms with Crippen molar-refractivity contribution in [2.45, 2.75) is 6.92 Å². The lowest BCUT2D eigenvalue weighted by Crippen LogP contribution is -1.82. The summed E-state index contributed by atoms with van der Waals surface area (Å²) in [7, 11) is 0. The molecule has 0 aliphatic carbocycles. The van der Waals surface area contributed by atoms with Gasteiger partial charge >= 0.3 is 0 Å². The molecule has 1 aromatic carbocycles. The van der Waals surface area contributed by atoms with Crippen molar-refractivity contribution in [3.63, 3.8) is 0 Å². The Balaban J connectivity index is 2.85. The summed E-state index contributed by atoms with van der Waals surface area (Å²) in [4.78, 5) is 3.99. The van der Waals surface area contributed by atoms with Crippen LogP contribution in [0.1, 0.15) is 11.1 Å². The highest BCUT2D eigenvalue weighted by molar-refractivity contribution is 5.79. The Morgan fingerprint density at radius 3 is 3.00 bits per heavy atom. The maximum Gasteiger partial charge on any atom is 0.292 e. The van der Waals surface area contributed by atoms with Gasteiger partial charge in [-0.15, -0.1) is 0 Å². The molecule has 1 aromatic heterocycles.